The van der Waals surface area contributed by atoms with Crippen LogP contribution in [-0.2, 0) is 0 Å². The summed E-state index contributed by atoms with van der Waals surface area (Å²) in [5.41, 5.74) is 9.90. The maximum Gasteiger partial charge on any atom is 0.137 e. The lowest BCUT2D eigenvalue weighted by atomic mass is 9.96. The Morgan fingerprint density at radius 3 is 1.65 bits per heavy atom. The van der Waals surface area contributed by atoms with Gasteiger partial charge in [-0.1, -0.05) is 115 Å². The van der Waals surface area contributed by atoms with Crippen molar-refractivity contribution in [3.63, 3.8) is 0 Å². The van der Waals surface area contributed by atoms with Crippen LogP contribution < -0.4 is 4.90 Å². The van der Waals surface area contributed by atoms with Gasteiger partial charge >= 0.3 is 0 Å². The molecule has 0 N–H and O–H groups in total. The Balaban J connectivity index is 1.11. The van der Waals surface area contributed by atoms with Gasteiger partial charge in [-0.25, -0.2) is 0 Å². The summed E-state index contributed by atoms with van der Waals surface area (Å²) >= 11 is 0. The Bertz CT molecular complexity index is 2530. The van der Waals surface area contributed by atoms with Gasteiger partial charge in [-0.15, -0.1) is 0 Å². The van der Waals surface area contributed by atoms with E-state index in [0.717, 1.165) is 39.0 Å². The molecule has 0 aliphatic rings. The number of fused-ring (bicyclic) bond motifs is 5. The van der Waals surface area contributed by atoms with Crippen molar-refractivity contribution in [2.24, 2.45) is 0 Å². The largest absolute Gasteiger partial charge is 0.456 e. The summed E-state index contributed by atoms with van der Waals surface area (Å²) in [5, 5.41) is 7.22. The zero-order valence-electron chi connectivity index (χ0n) is 25.1. The quantitative estimate of drug-likeness (QED) is 0.199. The Morgan fingerprint density at radius 2 is 0.891 bits per heavy atom. The summed E-state index contributed by atoms with van der Waals surface area (Å²) in [6.07, 6.45) is 0. The molecule has 0 aliphatic carbocycles. The Labute approximate surface area is 267 Å². The summed E-state index contributed by atoms with van der Waals surface area (Å²) in [5.74, 6) is 0. The number of para-hydroxylation sites is 2. The lowest BCUT2D eigenvalue weighted by Crippen LogP contribution is -2.10. The van der Waals surface area contributed by atoms with Crippen LogP contribution in [0, 0.1) is 0 Å². The van der Waals surface area contributed by atoms with Gasteiger partial charge in [0.25, 0.3) is 0 Å². The third-order valence-electron chi connectivity index (χ3n) is 9.02. The first-order valence-corrected chi connectivity index (χ1v) is 15.7. The molecular weight excluding hydrogens is 558 g/mol. The van der Waals surface area contributed by atoms with Crippen molar-refractivity contribution in [3.05, 3.63) is 176 Å². The summed E-state index contributed by atoms with van der Waals surface area (Å²) < 4.78 is 6.26. The standard InChI is InChI=1S/C44H29NO/c1-2-11-38(12-3-1)45(41-14-8-16-43-44(41)40-13-6-7-15-42(40)46-43)39-25-23-31(24-26-39)34-20-18-32-19-22-36(29-37(32)28-34)35-21-17-30-9-4-5-10-33(30)27-35/h1-29H. The molecule has 1 heterocycles. The molecule has 8 aromatic carbocycles. The molecule has 1 aromatic heterocycles. The fourth-order valence-corrected chi connectivity index (χ4v) is 6.72. The first-order valence-electron chi connectivity index (χ1n) is 15.7. The Morgan fingerprint density at radius 1 is 0.348 bits per heavy atom. The normalized spacial score (nSPS) is 11.5. The monoisotopic (exact) mass is 587 g/mol. The number of hydrogen-bond donors (Lipinski definition) is 0. The van der Waals surface area contributed by atoms with E-state index in [1.807, 2.05) is 12.1 Å². The molecule has 2 nitrogen and oxygen atoms in total. The molecular formula is C44H29NO. The van der Waals surface area contributed by atoms with E-state index in [1.165, 1.54) is 43.8 Å². The molecule has 0 amide bonds. The fraction of sp³-hybridized carbons (Fsp3) is 0. The maximum absolute atomic E-state index is 6.26. The van der Waals surface area contributed by atoms with Gasteiger partial charge in [-0.05, 0) is 104 Å². The van der Waals surface area contributed by atoms with E-state index >= 15 is 0 Å². The van der Waals surface area contributed by atoms with Crippen LogP contribution >= 0.6 is 0 Å². The van der Waals surface area contributed by atoms with E-state index in [2.05, 4.69) is 169 Å². The second-order valence-corrected chi connectivity index (χ2v) is 11.8. The lowest BCUT2D eigenvalue weighted by Gasteiger charge is -2.26. The predicted molar refractivity (Wildman–Crippen MR) is 194 cm³/mol. The van der Waals surface area contributed by atoms with Gasteiger partial charge < -0.3 is 9.32 Å². The molecule has 0 spiro atoms. The molecule has 0 saturated heterocycles. The lowest BCUT2D eigenvalue weighted by molar-refractivity contribution is 0.669. The first kappa shape index (κ1) is 26.3. The van der Waals surface area contributed by atoms with Gasteiger partial charge in [0.1, 0.15) is 11.2 Å². The summed E-state index contributed by atoms with van der Waals surface area (Å²) in [4.78, 5) is 2.32. The number of hydrogen-bond acceptors (Lipinski definition) is 2. The average molecular weight is 588 g/mol. The van der Waals surface area contributed by atoms with E-state index in [4.69, 9.17) is 4.42 Å². The van der Waals surface area contributed by atoms with E-state index in [-0.39, 0.29) is 0 Å². The summed E-state index contributed by atoms with van der Waals surface area (Å²) in [6, 6.07) is 62.8. The van der Waals surface area contributed by atoms with Crippen molar-refractivity contribution in [1.29, 1.82) is 0 Å². The minimum Gasteiger partial charge on any atom is -0.456 e. The molecule has 9 rings (SSSR count). The number of anilines is 3. The van der Waals surface area contributed by atoms with Crippen LogP contribution in [0.1, 0.15) is 0 Å². The van der Waals surface area contributed by atoms with Crippen molar-refractivity contribution in [2.45, 2.75) is 0 Å². The highest BCUT2D eigenvalue weighted by atomic mass is 16.3. The summed E-state index contributed by atoms with van der Waals surface area (Å²) in [6.45, 7) is 0. The molecule has 0 bridgehead atoms. The van der Waals surface area contributed by atoms with Crippen molar-refractivity contribution in [2.75, 3.05) is 4.90 Å². The van der Waals surface area contributed by atoms with E-state index in [0.29, 0.717) is 0 Å². The highest BCUT2D eigenvalue weighted by Gasteiger charge is 2.19. The van der Waals surface area contributed by atoms with Crippen LogP contribution in [0.15, 0.2) is 180 Å². The SMILES string of the molecule is c1ccc(N(c2ccc(-c3ccc4ccc(-c5ccc6ccccc6c5)cc4c3)cc2)c2cccc3oc4ccccc4c23)cc1. The van der Waals surface area contributed by atoms with Crippen molar-refractivity contribution in [1.82, 2.24) is 0 Å². The van der Waals surface area contributed by atoms with Gasteiger partial charge in [0.05, 0.1) is 11.1 Å². The van der Waals surface area contributed by atoms with E-state index in [1.54, 1.807) is 0 Å². The zero-order valence-corrected chi connectivity index (χ0v) is 25.1. The molecule has 0 saturated carbocycles. The van der Waals surface area contributed by atoms with E-state index in [9.17, 15) is 0 Å². The van der Waals surface area contributed by atoms with Crippen molar-refractivity contribution in [3.8, 4) is 22.3 Å². The topological polar surface area (TPSA) is 16.4 Å². The molecule has 2 heteroatoms. The third-order valence-corrected chi connectivity index (χ3v) is 9.02. The highest BCUT2D eigenvalue weighted by Crippen LogP contribution is 2.43. The first-order chi connectivity index (χ1) is 22.8. The molecule has 0 radical (unpaired) electrons. The molecule has 9 aromatic rings. The van der Waals surface area contributed by atoms with Crippen molar-refractivity contribution >= 4 is 60.5 Å². The molecule has 0 fully saturated rings. The highest BCUT2D eigenvalue weighted by molar-refractivity contribution is 6.13. The number of furan rings is 1. The maximum atomic E-state index is 6.26. The van der Waals surface area contributed by atoms with Crippen LogP contribution in [0.5, 0.6) is 0 Å². The molecule has 0 aliphatic heterocycles. The van der Waals surface area contributed by atoms with Crippen LogP contribution in [-0.4, -0.2) is 0 Å². The Kier molecular flexibility index (Phi) is 6.17. The van der Waals surface area contributed by atoms with Crippen molar-refractivity contribution < 1.29 is 4.42 Å². The third kappa shape index (κ3) is 4.51. The smallest absolute Gasteiger partial charge is 0.137 e. The van der Waals surface area contributed by atoms with Gasteiger partial charge in [0.15, 0.2) is 0 Å². The fourth-order valence-electron chi connectivity index (χ4n) is 6.72. The number of benzene rings is 8. The molecule has 216 valence electrons. The second-order valence-electron chi connectivity index (χ2n) is 11.8. The van der Waals surface area contributed by atoms with Gasteiger partial charge in [0.2, 0.25) is 0 Å². The number of nitrogens with zero attached hydrogens (tertiary/aromatic N) is 1. The molecule has 0 atom stereocenters. The predicted octanol–water partition coefficient (Wildman–Crippen LogP) is 12.7. The van der Waals surface area contributed by atoms with Crippen LogP contribution in [0.3, 0.4) is 0 Å². The number of rotatable bonds is 5. The molecule has 46 heavy (non-hydrogen) atoms. The molecule has 0 unspecified atom stereocenters. The van der Waals surface area contributed by atoms with Crippen LogP contribution in [0.25, 0.3) is 65.7 Å². The average Bonchev–Trinajstić information content (AvgIpc) is 3.51. The van der Waals surface area contributed by atoms with Gasteiger partial charge in [-0.3, -0.25) is 0 Å². The van der Waals surface area contributed by atoms with Crippen LogP contribution in [0.2, 0.25) is 0 Å². The Hall–Kier alpha value is -6.12. The minimum absolute atomic E-state index is 0.885. The van der Waals surface area contributed by atoms with Gasteiger partial charge in [-0.2, -0.15) is 0 Å². The second kappa shape index (κ2) is 10.8. The zero-order chi connectivity index (χ0) is 30.5. The van der Waals surface area contributed by atoms with Crippen LogP contribution in [0.4, 0.5) is 17.1 Å². The van der Waals surface area contributed by atoms with E-state index < -0.39 is 0 Å². The van der Waals surface area contributed by atoms with Gasteiger partial charge in [0, 0.05) is 16.8 Å². The summed E-state index contributed by atoms with van der Waals surface area (Å²) in [7, 11) is 0. The minimum atomic E-state index is 0.885.